The third kappa shape index (κ3) is 4.77. The Kier molecular flexibility index (Phi) is 7.70. The van der Waals surface area contributed by atoms with Crippen molar-refractivity contribution >= 4 is 49.4 Å². The predicted octanol–water partition coefficient (Wildman–Crippen LogP) is 4.34. The Balaban J connectivity index is 2.19. The number of nitrogens with one attached hydrogen (secondary N) is 1. The minimum atomic E-state index is -0.739. The largest absolute Gasteiger partial charge is 0.492 e. The summed E-state index contributed by atoms with van der Waals surface area (Å²) in [5, 5.41) is 2.66. The van der Waals surface area contributed by atoms with Crippen molar-refractivity contribution in [1.29, 1.82) is 0 Å². The number of hydrogen-bond acceptors (Lipinski definition) is 6. The molecule has 0 bridgehead atoms. The Morgan fingerprint density at radius 2 is 1.39 bits per heavy atom. The van der Waals surface area contributed by atoms with Crippen molar-refractivity contribution in [3.05, 3.63) is 44.3 Å². The van der Waals surface area contributed by atoms with Gasteiger partial charge in [0, 0.05) is 5.69 Å². The molecule has 28 heavy (non-hydrogen) atoms. The number of carbonyl (C=O) groups is 2. The van der Waals surface area contributed by atoms with Gasteiger partial charge >= 0.3 is 5.97 Å². The summed E-state index contributed by atoms with van der Waals surface area (Å²) in [7, 11) is 4.31. The summed E-state index contributed by atoms with van der Waals surface area (Å²) in [6, 6.07) is 7.26. The van der Waals surface area contributed by atoms with Gasteiger partial charge in [0.1, 0.15) is 0 Å². The molecule has 0 saturated heterocycles. The molecule has 0 saturated carbocycles. The first kappa shape index (κ1) is 22.0. The summed E-state index contributed by atoms with van der Waals surface area (Å²) < 4.78 is 21.7. The number of hydrogen-bond donors (Lipinski definition) is 1. The molecule has 2 aromatic carbocycles. The zero-order valence-corrected chi connectivity index (χ0v) is 18.9. The fourth-order valence-electron chi connectivity index (χ4n) is 2.39. The number of aryl methyl sites for hydroxylation is 1. The molecule has 0 aliphatic carbocycles. The molecular formula is C19H19Br2NO6. The van der Waals surface area contributed by atoms with Crippen LogP contribution < -0.4 is 19.5 Å². The lowest BCUT2D eigenvalue weighted by Gasteiger charge is -2.18. The second-order valence-corrected chi connectivity index (χ2v) is 7.18. The van der Waals surface area contributed by atoms with Gasteiger partial charge in [0.25, 0.3) is 5.91 Å². The smallest absolute Gasteiger partial charge is 0.341 e. The second-order valence-electron chi connectivity index (χ2n) is 5.59. The number of rotatable bonds is 7. The van der Waals surface area contributed by atoms with Gasteiger partial charge in [-0.1, -0.05) is 17.7 Å². The zero-order valence-electron chi connectivity index (χ0n) is 15.7. The quantitative estimate of drug-likeness (QED) is 0.551. The van der Waals surface area contributed by atoms with E-state index in [1.54, 1.807) is 12.1 Å². The Morgan fingerprint density at radius 1 is 0.893 bits per heavy atom. The number of esters is 1. The fourth-order valence-corrected chi connectivity index (χ4v) is 4.06. The molecule has 0 unspecified atom stereocenters. The molecular weight excluding hydrogens is 498 g/mol. The molecule has 2 rings (SSSR count). The van der Waals surface area contributed by atoms with Gasteiger partial charge in [-0.2, -0.15) is 0 Å². The van der Waals surface area contributed by atoms with Crippen LogP contribution in [0.15, 0.2) is 33.2 Å². The number of benzene rings is 2. The van der Waals surface area contributed by atoms with Crippen LogP contribution in [0.4, 0.5) is 5.69 Å². The van der Waals surface area contributed by atoms with Gasteiger partial charge in [-0.3, -0.25) is 4.79 Å². The van der Waals surface area contributed by atoms with E-state index in [-0.39, 0.29) is 17.1 Å². The van der Waals surface area contributed by atoms with Gasteiger partial charge in [0.2, 0.25) is 5.75 Å². The van der Waals surface area contributed by atoms with Crippen molar-refractivity contribution < 1.29 is 28.5 Å². The average molecular weight is 517 g/mol. The molecule has 0 atom stereocenters. The van der Waals surface area contributed by atoms with Crippen molar-refractivity contribution in [3.63, 3.8) is 0 Å². The SMILES string of the molecule is COc1c(Br)c(C(=O)OCC(=O)Nc2ccc(C)cc2)c(Br)c(OC)c1OC. The first-order valence-corrected chi connectivity index (χ1v) is 9.63. The van der Waals surface area contributed by atoms with Crippen LogP contribution in [-0.4, -0.2) is 39.8 Å². The highest BCUT2D eigenvalue weighted by atomic mass is 79.9. The Bertz CT molecular complexity index is 852. The van der Waals surface area contributed by atoms with Gasteiger partial charge in [0.05, 0.1) is 35.8 Å². The summed E-state index contributed by atoms with van der Waals surface area (Å²) in [5.41, 5.74) is 1.79. The molecule has 0 aromatic heterocycles. The van der Waals surface area contributed by atoms with Crippen LogP contribution >= 0.6 is 31.9 Å². The summed E-state index contributed by atoms with van der Waals surface area (Å²) in [5.74, 6) is -0.372. The highest BCUT2D eigenvalue weighted by molar-refractivity contribution is 9.11. The number of amides is 1. The van der Waals surface area contributed by atoms with E-state index in [0.29, 0.717) is 20.4 Å². The second kappa shape index (κ2) is 9.79. The van der Waals surface area contributed by atoms with Crippen molar-refractivity contribution in [2.24, 2.45) is 0 Å². The molecule has 0 fully saturated rings. The van der Waals surface area contributed by atoms with Gasteiger partial charge in [-0.15, -0.1) is 0 Å². The summed E-state index contributed by atoms with van der Waals surface area (Å²) in [6.45, 7) is 1.49. The van der Waals surface area contributed by atoms with Crippen molar-refractivity contribution in [3.8, 4) is 17.2 Å². The van der Waals surface area contributed by atoms with Crippen LogP contribution in [-0.2, 0) is 9.53 Å². The molecule has 1 amide bonds. The van der Waals surface area contributed by atoms with Gasteiger partial charge < -0.3 is 24.3 Å². The molecule has 0 aliphatic rings. The van der Waals surface area contributed by atoms with Gasteiger partial charge in [-0.25, -0.2) is 4.79 Å². The normalized spacial score (nSPS) is 10.2. The number of anilines is 1. The van der Waals surface area contributed by atoms with Crippen LogP contribution in [0.5, 0.6) is 17.2 Å². The van der Waals surface area contributed by atoms with Crippen molar-refractivity contribution in [1.82, 2.24) is 0 Å². The molecule has 0 heterocycles. The summed E-state index contributed by atoms with van der Waals surface area (Å²) in [4.78, 5) is 24.7. The van der Waals surface area contributed by atoms with E-state index in [1.165, 1.54) is 21.3 Å². The Morgan fingerprint density at radius 3 is 1.86 bits per heavy atom. The highest BCUT2D eigenvalue weighted by Crippen LogP contribution is 2.50. The molecule has 0 radical (unpaired) electrons. The van der Waals surface area contributed by atoms with Crippen LogP contribution in [0.3, 0.4) is 0 Å². The fraction of sp³-hybridized carbons (Fsp3) is 0.263. The number of halogens is 2. The van der Waals surface area contributed by atoms with Crippen molar-refractivity contribution in [2.75, 3.05) is 33.3 Å². The van der Waals surface area contributed by atoms with Crippen LogP contribution in [0.1, 0.15) is 15.9 Å². The third-order valence-corrected chi connectivity index (χ3v) is 5.25. The van der Waals surface area contributed by atoms with Crippen molar-refractivity contribution in [2.45, 2.75) is 6.92 Å². The van der Waals surface area contributed by atoms with Gasteiger partial charge in [-0.05, 0) is 50.9 Å². The van der Waals surface area contributed by atoms with E-state index in [1.807, 2.05) is 19.1 Å². The maximum absolute atomic E-state index is 12.6. The average Bonchev–Trinajstić information content (AvgIpc) is 2.67. The highest BCUT2D eigenvalue weighted by Gasteiger charge is 2.29. The number of carbonyl (C=O) groups excluding carboxylic acids is 2. The van der Waals surface area contributed by atoms with E-state index >= 15 is 0 Å². The number of ether oxygens (including phenoxy) is 4. The molecule has 150 valence electrons. The Labute approximate surface area is 179 Å². The third-order valence-electron chi connectivity index (χ3n) is 3.74. The zero-order chi connectivity index (χ0) is 20.8. The lowest BCUT2D eigenvalue weighted by molar-refractivity contribution is -0.119. The van der Waals surface area contributed by atoms with E-state index in [9.17, 15) is 9.59 Å². The van der Waals surface area contributed by atoms with Crippen LogP contribution in [0.2, 0.25) is 0 Å². The van der Waals surface area contributed by atoms with E-state index in [2.05, 4.69) is 37.2 Å². The van der Waals surface area contributed by atoms with Crippen LogP contribution in [0.25, 0.3) is 0 Å². The molecule has 1 N–H and O–H groups in total. The minimum absolute atomic E-state index is 0.109. The first-order valence-electron chi connectivity index (χ1n) is 8.04. The van der Waals surface area contributed by atoms with E-state index in [4.69, 9.17) is 18.9 Å². The van der Waals surface area contributed by atoms with Crippen LogP contribution in [0, 0.1) is 6.92 Å². The first-order chi connectivity index (χ1) is 13.3. The predicted molar refractivity (Wildman–Crippen MR) is 112 cm³/mol. The topological polar surface area (TPSA) is 83.1 Å². The van der Waals surface area contributed by atoms with Gasteiger partial charge in [0.15, 0.2) is 18.1 Å². The maximum Gasteiger partial charge on any atom is 0.341 e. The van der Waals surface area contributed by atoms with E-state index in [0.717, 1.165) is 5.56 Å². The van der Waals surface area contributed by atoms with E-state index < -0.39 is 18.5 Å². The lowest BCUT2D eigenvalue weighted by Crippen LogP contribution is -2.21. The number of methoxy groups -OCH3 is 3. The molecule has 9 heteroatoms. The monoisotopic (exact) mass is 515 g/mol. The summed E-state index contributed by atoms with van der Waals surface area (Å²) >= 11 is 6.65. The summed E-state index contributed by atoms with van der Waals surface area (Å²) in [6.07, 6.45) is 0. The lowest BCUT2D eigenvalue weighted by atomic mass is 10.2. The molecule has 7 nitrogen and oxygen atoms in total. The minimum Gasteiger partial charge on any atom is -0.492 e. The maximum atomic E-state index is 12.6. The Hall–Kier alpha value is -2.26. The standard InChI is InChI=1S/C19H19Br2NO6/c1-10-5-7-11(8-6-10)22-12(23)9-28-19(24)13-14(20)16(25-2)18(27-4)17(26-3)15(13)21/h5-8H,9H2,1-4H3,(H,22,23). The molecule has 0 spiro atoms. The molecule has 2 aromatic rings. The molecule has 0 aliphatic heterocycles.